The van der Waals surface area contributed by atoms with Gasteiger partial charge in [-0.25, -0.2) is 9.97 Å². The van der Waals surface area contributed by atoms with Crippen LogP contribution in [-0.4, -0.2) is 15.9 Å². The van der Waals surface area contributed by atoms with E-state index in [1.165, 1.54) is 29.2 Å². The van der Waals surface area contributed by atoms with Crippen molar-refractivity contribution >= 4 is 23.1 Å². The number of hydrogen-bond donors (Lipinski definition) is 1. The molecule has 5 nitrogen and oxygen atoms in total. The highest BCUT2D eigenvalue weighted by molar-refractivity contribution is 7.13. The number of rotatable bonds is 4. The lowest BCUT2D eigenvalue weighted by Gasteiger charge is -2.05. The third-order valence-corrected chi connectivity index (χ3v) is 4.58. The van der Waals surface area contributed by atoms with Crippen molar-refractivity contribution in [2.45, 2.75) is 19.8 Å². The molecule has 0 saturated carbocycles. The smallest absolute Gasteiger partial charge is 0.276 e. The molecule has 0 unspecified atom stereocenters. The Kier molecular flexibility index (Phi) is 4.87. The zero-order chi connectivity index (χ0) is 17.8. The predicted octanol–water partition coefficient (Wildman–Crippen LogP) is 4.45. The van der Waals surface area contributed by atoms with E-state index < -0.39 is 0 Å². The fourth-order valence-corrected chi connectivity index (χ4v) is 3.08. The quantitative estimate of drug-likeness (QED) is 0.755. The lowest BCUT2D eigenvalue weighted by molar-refractivity contribution is 0.102. The summed E-state index contributed by atoms with van der Waals surface area (Å²) >= 11 is 1.42. The molecule has 2 aromatic heterocycles. The first-order valence-corrected chi connectivity index (χ1v) is 8.68. The van der Waals surface area contributed by atoms with Crippen LogP contribution in [0, 0.1) is 11.3 Å². The van der Waals surface area contributed by atoms with Gasteiger partial charge in [-0.05, 0) is 23.6 Å². The predicted molar refractivity (Wildman–Crippen MR) is 98.5 cm³/mol. The van der Waals surface area contributed by atoms with Crippen LogP contribution < -0.4 is 5.32 Å². The molecular formula is C19H16N4OS. The summed E-state index contributed by atoms with van der Waals surface area (Å²) in [4.78, 5) is 20.8. The second-order valence-electron chi connectivity index (χ2n) is 5.81. The summed E-state index contributed by atoms with van der Waals surface area (Å²) in [5.41, 5.74) is 3.02. The Morgan fingerprint density at radius 3 is 2.68 bits per heavy atom. The molecule has 0 saturated heterocycles. The number of nitriles is 1. The van der Waals surface area contributed by atoms with Crippen molar-refractivity contribution in [2.75, 3.05) is 5.32 Å². The van der Waals surface area contributed by atoms with Crippen molar-refractivity contribution in [3.8, 4) is 16.6 Å². The Hall–Kier alpha value is -3.04. The SMILES string of the molecule is CC(C)c1ccc(-c2nc(C(=O)Nc3cc(C#N)ccn3)cs2)cc1. The van der Waals surface area contributed by atoms with Crippen molar-refractivity contribution in [1.82, 2.24) is 9.97 Å². The maximum absolute atomic E-state index is 12.3. The standard InChI is InChI=1S/C19H16N4OS/c1-12(2)14-3-5-15(6-4-14)19-22-16(11-25-19)18(24)23-17-9-13(10-20)7-8-21-17/h3-9,11-12H,1-2H3,(H,21,23,24). The summed E-state index contributed by atoms with van der Waals surface area (Å²) in [7, 11) is 0. The van der Waals surface area contributed by atoms with Gasteiger partial charge in [0.15, 0.2) is 0 Å². The number of amides is 1. The van der Waals surface area contributed by atoms with Gasteiger partial charge < -0.3 is 5.32 Å². The minimum absolute atomic E-state index is 0.331. The normalized spacial score (nSPS) is 10.5. The molecule has 0 bridgehead atoms. The highest BCUT2D eigenvalue weighted by atomic mass is 32.1. The summed E-state index contributed by atoms with van der Waals surface area (Å²) in [6, 6.07) is 13.3. The van der Waals surface area contributed by atoms with Gasteiger partial charge in [0.05, 0.1) is 11.6 Å². The maximum atomic E-state index is 12.3. The lowest BCUT2D eigenvalue weighted by atomic mass is 10.0. The molecule has 1 aromatic carbocycles. The number of nitrogens with zero attached hydrogens (tertiary/aromatic N) is 3. The van der Waals surface area contributed by atoms with Crippen molar-refractivity contribution in [3.05, 3.63) is 64.8 Å². The summed E-state index contributed by atoms with van der Waals surface area (Å²) in [5.74, 6) is 0.465. The number of nitrogens with one attached hydrogen (secondary N) is 1. The van der Waals surface area contributed by atoms with E-state index in [1.54, 1.807) is 11.4 Å². The number of hydrogen-bond acceptors (Lipinski definition) is 5. The van der Waals surface area contributed by atoms with Crippen molar-refractivity contribution in [1.29, 1.82) is 5.26 Å². The van der Waals surface area contributed by atoms with Crippen LogP contribution in [0.2, 0.25) is 0 Å². The maximum Gasteiger partial charge on any atom is 0.276 e. The molecule has 0 radical (unpaired) electrons. The molecule has 0 atom stereocenters. The molecule has 3 rings (SSSR count). The number of pyridine rings is 1. The van der Waals surface area contributed by atoms with Gasteiger partial charge >= 0.3 is 0 Å². The first kappa shape index (κ1) is 16.8. The van der Waals surface area contributed by atoms with E-state index in [2.05, 4.69) is 41.3 Å². The molecular weight excluding hydrogens is 332 g/mol. The Labute approximate surface area is 150 Å². The van der Waals surface area contributed by atoms with Crippen LogP contribution in [0.4, 0.5) is 5.82 Å². The van der Waals surface area contributed by atoms with Gasteiger partial charge in [0.1, 0.15) is 16.5 Å². The van der Waals surface area contributed by atoms with Crippen LogP contribution in [0.25, 0.3) is 10.6 Å². The van der Waals surface area contributed by atoms with E-state index in [9.17, 15) is 4.79 Å². The Balaban J connectivity index is 1.76. The van der Waals surface area contributed by atoms with Crippen LogP contribution in [0.1, 0.15) is 41.4 Å². The summed E-state index contributed by atoms with van der Waals surface area (Å²) in [6.07, 6.45) is 1.48. The average molecular weight is 348 g/mol. The van der Waals surface area contributed by atoms with Crippen LogP contribution in [0.15, 0.2) is 48.0 Å². The molecule has 0 aliphatic rings. The largest absolute Gasteiger partial charge is 0.305 e. The van der Waals surface area contributed by atoms with Gasteiger partial charge in [-0.2, -0.15) is 5.26 Å². The zero-order valence-electron chi connectivity index (χ0n) is 13.9. The second-order valence-corrected chi connectivity index (χ2v) is 6.67. The zero-order valence-corrected chi connectivity index (χ0v) is 14.7. The van der Waals surface area contributed by atoms with Crippen LogP contribution in [0.3, 0.4) is 0 Å². The van der Waals surface area contributed by atoms with Gasteiger partial charge in [0, 0.05) is 17.1 Å². The van der Waals surface area contributed by atoms with Crippen molar-refractivity contribution in [2.24, 2.45) is 0 Å². The van der Waals surface area contributed by atoms with E-state index in [4.69, 9.17) is 5.26 Å². The number of carbonyl (C=O) groups excluding carboxylic acids is 1. The van der Waals surface area contributed by atoms with Gasteiger partial charge in [-0.1, -0.05) is 38.1 Å². The molecule has 1 amide bonds. The van der Waals surface area contributed by atoms with Gasteiger partial charge in [0.25, 0.3) is 5.91 Å². The van der Waals surface area contributed by atoms with Crippen LogP contribution >= 0.6 is 11.3 Å². The Morgan fingerprint density at radius 1 is 1.24 bits per heavy atom. The first-order valence-electron chi connectivity index (χ1n) is 7.80. The average Bonchev–Trinajstić information content (AvgIpc) is 3.12. The Bertz CT molecular complexity index is 939. The topological polar surface area (TPSA) is 78.7 Å². The fourth-order valence-electron chi connectivity index (χ4n) is 2.27. The minimum atomic E-state index is -0.344. The molecule has 0 fully saturated rings. The highest BCUT2D eigenvalue weighted by Crippen LogP contribution is 2.26. The molecule has 0 aliphatic carbocycles. The number of benzene rings is 1. The molecule has 1 N–H and O–H groups in total. The number of aromatic nitrogens is 2. The molecule has 0 aliphatic heterocycles. The van der Waals surface area contributed by atoms with Crippen LogP contribution in [0.5, 0.6) is 0 Å². The molecule has 0 spiro atoms. The van der Waals surface area contributed by atoms with Crippen molar-refractivity contribution < 1.29 is 4.79 Å². The Morgan fingerprint density at radius 2 is 2.00 bits per heavy atom. The lowest BCUT2D eigenvalue weighted by Crippen LogP contribution is -2.13. The summed E-state index contributed by atoms with van der Waals surface area (Å²) in [6.45, 7) is 4.30. The fraction of sp³-hybridized carbons (Fsp3) is 0.158. The van der Waals surface area contributed by atoms with E-state index in [1.807, 2.05) is 18.2 Å². The first-order chi connectivity index (χ1) is 12.1. The molecule has 6 heteroatoms. The molecule has 25 heavy (non-hydrogen) atoms. The van der Waals surface area contributed by atoms with Gasteiger partial charge in [0.2, 0.25) is 0 Å². The summed E-state index contributed by atoms with van der Waals surface area (Å²) in [5, 5.41) is 14.1. The third-order valence-electron chi connectivity index (χ3n) is 3.69. The minimum Gasteiger partial charge on any atom is -0.305 e. The highest BCUT2D eigenvalue weighted by Gasteiger charge is 2.13. The monoisotopic (exact) mass is 348 g/mol. The summed E-state index contributed by atoms with van der Waals surface area (Å²) < 4.78 is 0. The molecule has 3 aromatic rings. The molecule has 124 valence electrons. The van der Waals surface area contributed by atoms with Crippen LogP contribution in [-0.2, 0) is 0 Å². The number of anilines is 1. The number of thiazole rings is 1. The molecule has 2 heterocycles. The van der Waals surface area contributed by atoms with Gasteiger partial charge in [-0.3, -0.25) is 4.79 Å². The third kappa shape index (κ3) is 3.90. The van der Waals surface area contributed by atoms with E-state index in [-0.39, 0.29) is 5.91 Å². The van der Waals surface area contributed by atoms with Gasteiger partial charge in [-0.15, -0.1) is 11.3 Å². The van der Waals surface area contributed by atoms with E-state index >= 15 is 0 Å². The van der Waals surface area contributed by atoms with Crippen molar-refractivity contribution in [3.63, 3.8) is 0 Å². The van der Waals surface area contributed by atoms with E-state index in [0.29, 0.717) is 23.0 Å². The van der Waals surface area contributed by atoms with E-state index in [0.717, 1.165) is 10.6 Å². The second kappa shape index (κ2) is 7.24. The number of carbonyl (C=O) groups is 1.